The van der Waals surface area contributed by atoms with E-state index in [1.165, 1.54) is 6.07 Å². The average molecular weight is 282 g/mol. The van der Waals surface area contributed by atoms with Crippen LogP contribution in [0.2, 0.25) is 0 Å². The maximum Gasteiger partial charge on any atom is 0.317 e. The average Bonchev–Trinajstić information content (AvgIpc) is 2.34. The SMILES string of the molecule is CCC(C)n1c(C)cc(=O)c(O)c1CN(C)CC(=O)O. The fraction of sp³-hybridized carbons (Fsp3) is 0.571. The van der Waals surface area contributed by atoms with Crippen LogP contribution in [0.1, 0.15) is 37.7 Å². The van der Waals surface area contributed by atoms with Gasteiger partial charge in [0.1, 0.15) is 0 Å². The van der Waals surface area contributed by atoms with E-state index in [4.69, 9.17) is 5.11 Å². The molecule has 0 saturated heterocycles. The minimum Gasteiger partial charge on any atom is -0.503 e. The van der Waals surface area contributed by atoms with Gasteiger partial charge in [0.25, 0.3) is 0 Å². The molecule has 2 N–H and O–H groups in total. The fourth-order valence-electron chi connectivity index (χ4n) is 2.29. The lowest BCUT2D eigenvalue weighted by molar-refractivity contribution is -0.138. The molecule has 0 spiro atoms. The molecule has 1 unspecified atom stereocenters. The van der Waals surface area contributed by atoms with Gasteiger partial charge in [0.2, 0.25) is 5.43 Å². The van der Waals surface area contributed by atoms with Crippen molar-refractivity contribution in [1.82, 2.24) is 9.47 Å². The van der Waals surface area contributed by atoms with Crippen molar-refractivity contribution in [3.05, 3.63) is 27.7 Å². The number of likely N-dealkylation sites (N-methyl/N-ethyl adjacent to an activating group) is 1. The minimum atomic E-state index is -0.947. The molecule has 1 rings (SSSR count). The lowest BCUT2D eigenvalue weighted by atomic mass is 10.1. The third-order valence-electron chi connectivity index (χ3n) is 3.37. The molecule has 0 aliphatic carbocycles. The van der Waals surface area contributed by atoms with Gasteiger partial charge >= 0.3 is 5.97 Å². The molecule has 1 atom stereocenters. The van der Waals surface area contributed by atoms with E-state index >= 15 is 0 Å². The van der Waals surface area contributed by atoms with Gasteiger partial charge in [0.05, 0.1) is 12.2 Å². The normalized spacial score (nSPS) is 12.7. The predicted octanol–water partition coefficient (Wildman–Crippen LogP) is 1.35. The Morgan fingerprint density at radius 2 is 2.10 bits per heavy atom. The highest BCUT2D eigenvalue weighted by atomic mass is 16.4. The Kier molecular flexibility index (Phi) is 5.33. The topological polar surface area (TPSA) is 82.8 Å². The fourth-order valence-corrected chi connectivity index (χ4v) is 2.29. The molecule has 0 saturated carbocycles. The number of rotatable bonds is 6. The number of aromatic nitrogens is 1. The molecule has 20 heavy (non-hydrogen) atoms. The summed E-state index contributed by atoms with van der Waals surface area (Å²) in [6.45, 7) is 5.89. The summed E-state index contributed by atoms with van der Waals surface area (Å²) in [5.41, 5.74) is 0.801. The number of hydrogen-bond donors (Lipinski definition) is 2. The first-order valence-electron chi connectivity index (χ1n) is 6.62. The number of aliphatic carboxylic acids is 1. The van der Waals surface area contributed by atoms with E-state index in [1.54, 1.807) is 11.9 Å². The van der Waals surface area contributed by atoms with Crippen LogP contribution in [0.15, 0.2) is 10.9 Å². The lowest BCUT2D eigenvalue weighted by Crippen LogP contribution is -2.29. The standard InChI is InChI=1S/C14H22N2O4/c1-5-9(2)16-10(3)6-12(17)14(20)11(16)7-15(4)8-13(18)19/h6,9,20H,5,7-8H2,1-4H3,(H,18,19). The Morgan fingerprint density at radius 3 is 2.60 bits per heavy atom. The maximum atomic E-state index is 11.7. The zero-order valence-electron chi connectivity index (χ0n) is 12.4. The monoisotopic (exact) mass is 282 g/mol. The van der Waals surface area contributed by atoms with Crippen LogP contribution in [-0.2, 0) is 11.3 Å². The quantitative estimate of drug-likeness (QED) is 0.823. The highest BCUT2D eigenvalue weighted by Crippen LogP contribution is 2.22. The van der Waals surface area contributed by atoms with Gasteiger partial charge in [-0.25, -0.2) is 0 Å². The summed E-state index contributed by atoms with van der Waals surface area (Å²) >= 11 is 0. The molecule has 0 bridgehead atoms. The molecule has 0 aliphatic heterocycles. The van der Waals surface area contributed by atoms with Crippen LogP contribution in [0.25, 0.3) is 0 Å². The van der Waals surface area contributed by atoms with Crippen LogP contribution in [-0.4, -0.2) is 39.2 Å². The van der Waals surface area contributed by atoms with Crippen molar-refractivity contribution in [3.8, 4) is 5.75 Å². The van der Waals surface area contributed by atoms with E-state index in [0.29, 0.717) is 5.69 Å². The summed E-state index contributed by atoms with van der Waals surface area (Å²) in [6.07, 6.45) is 0.846. The van der Waals surface area contributed by atoms with Gasteiger partial charge in [-0.1, -0.05) is 6.92 Å². The number of pyridine rings is 1. The Bertz CT molecular complexity index is 551. The van der Waals surface area contributed by atoms with Crippen molar-refractivity contribution in [3.63, 3.8) is 0 Å². The third kappa shape index (κ3) is 3.60. The molecule has 1 aromatic rings. The number of hydrogen-bond acceptors (Lipinski definition) is 4. The van der Waals surface area contributed by atoms with Crippen LogP contribution in [0.4, 0.5) is 0 Å². The molecular formula is C14H22N2O4. The molecule has 6 nitrogen and oxygen atoms in total. The van der Waals surface area contributed by atoms with Crippen LogP contribution >= 0.6 is 0 Å². The first kappa shape index (κ1) is 16.2. The Balaban J connectivity index is 3.27. The third-order valence-corrected chi connectivity index (χ3v) is 3.37. The Labute approximate surface area is 118 Å². The second-order valence-corrected chi connectivity index (χ2v) is 5.14. The molecule has 0 aromatic carbocycles. The van der Waals surface area contributed by atoms with Crippen molar-refractivity contribution in [1.29, 1.82) is 0 Å². The predicted molar refractivity (Wildman–Crippen MR) is 76.1 cm³/mol. The molecule has 0 radical (unpaired) electrons. The van der Waals surface area contributed by atoms with Crippen LogP contribution in [0, 0.1) is 6.92 Å². The van der Waals surface area contributed by atoms with Gasteiger partial charge in [0.15, 0.2) is 5.75 Å². The second-order valence-electron chi connectivity index (χ2n) is 5.14. The van der Waals surface area contributed by atoms with Crippen molar-refractivity contribution in [2.45, 2.75) is 39.8 Å². The number of aromatic hydroxyl groups is 1. The van der Waals surface area contributed by atoms with Crippen LogP contribution < -0.4 is 5.43 Å². The minimum absolute atomic E-state index is 0.120. The summed E-state index contributed by atoms with van der Waals surface area (Å²) in [5.74, 6) is -1.25. The molecule has 1 heterocycles. The summed E-state index contributed by atoms with van der Waals surface area (Å²) in [4.78, 5) is 24.0. The van der Waals surface area contributed by atoms with E-state index in [-0.39, 0.29) is 24.9 Å². The smallest absolute Gasteiger partial charge is 0.317 e. The number of carboxylic acids is 1. The van der Waals surface area contributed by atoms with Gasteiger partial charge in [-0.2, -0.15) is 0 Å². The number of aryl methyl sites for hydroxylation is 1. The second kappa shape index (κ2) is 6.56. The lowest BCUT2D eigenvalue weighted by Gasteiger charge is -2.25. The zero-order chi connectivity index (χ0) is 15.4. The van der Waals surface area contributed by atoms with Crippen LogP contribution in [0.3, 0.4) is 0 Å². The molecule has 0 aliphatic rings. The molecular weight excluding hydrogens is 260 g/mol. The summed E-state index contributed by atoms with van der Waals surface area (Å²) in [7, 11) is 1.64. The number of nitrogens with zero attached hydrogens (tertiary/aromatic N) is 2. The van der Waals surface area contributed by atoms with E-state index in [0.717, 1.165) is 12.1 Å². The summed E-state index contributed by atoms with van der Waals surface area (Å²) in [6, 6.07) is 1.53. The van der Waals surface area contributed by atoms with Gasteiger partial charge in [0, 0.05) is 24.3 Å². The highest BCUT2D eigenvalue weighted by Gasteiger charge is 2.18. The van der Waals surface area contributed by atoms with E-state index < -0.39 is 11.4 Å². The first-order valence-corrected chi connectivity index (χ1v) is 6.62. The number of carboxylic acid groups (broad SMARTS) is 1. The first-order chi connectivity index (χ1) is 9.27. The highest BCUT2D eigenvalue weighted by molar-refractivity contribution is 5.69. The number of carbonyl (C=O) groups is 1. The zero-order valence-corrected chi connectivity index (χ0v) is 12.4. The summed E-state index contributed by atoms with van der Waals surface area (Å²) in [5, 5.41) is 18.8. The van der Waals surface area contributed by atoms with E-state index in [9.17, 15) is 14.7 Å². The molecule has 1 aromatic heterocycles. The van der Waals surface area contributed by atoms with Gasteiger partial charge < -0.3 is 14.8 Å². The molecule has 0 fully saturated rings. The molecule has 0 amide bonds. The van der Waals surface area contributed by atoms with Crippen molar-refractivity contribution in [2.75, 3.05) is 13.6 Å². The largest absolute Gasteiger partial charge is 0.503 e. The van der Waals surface area contributed by atoms with Crippen molar-refractivity contribution in [2.24, 2.45) is 0 Å². The molecule has 112 valence electrons. The van der Waals surface area contributed by atoms with Crippen LogP contribution in [0.5, 0.6) is 5.75 Å². The Morgan fingerprint density at radius 1 is 1.50 bits per heavy atom. The summed E-state index contributed by atoms with van der Waals surface area (Å²) < 4.78 is 1.90. The van der Waals surface area contributed by atoms with E-state index in [1.807, 2.05) is 25.3 Å². The van der Waals surface area contributed by atoms with Gasteiger partial charge in [-0.3, -0.25) is 14.5 Å². The van der Waals surface area contributed by atoms with Gasteiger partial charge in [-0.05, 0) is 27.3 Å². The van der Waals surface area contributed by atoms with Gasteiger partial charge in [-0.15, -0.1) is 0 Å². The maximum absolute atomic E-state index is 11.7. The van der Waals surface area contributed by atoms with E-state index in [2.05, 4.69) is 0 Å². The Hall–Kier alpha value is -1.82. The van der Waals surface area contributed by atoms with Crippen molar-refractivity contribution >= 4 is 5.97 Å². The van der Waals surface area contributed by atoms with Crippen molar-refractivity contribution < 1.29 is 15.0 Å². The molecule has 6 heteroatoms.